The van der Waals surface area contributed by atoms with E-state index in [1.807, 2.05) is 42.5 Å². The Kier molecular flexibility index (Phi) is 7.92. The van der Waals surface area contributed by atoms with E-state index in [1.54, 1.807) is 18.4 Å². The molecule has 3 aromatic rings. The van der Waals surface area contributed by atoms with Gasteiger partial charge in [0, 0.05) is 18.2 Å². The molecule has 1 aliphatic rings. The van der Waals surface area contributed by atoms with Crippen molar-refractivity contribution in [3.05, 3.63) is 59.4 Å². The zero-order chi connectivity index (χ0) is 23.9. The summed E-state index contributed by atoms with van der Waals surface area (Å²) in [5.74, 6) is 2.12. The summed E-state index contributed by atoms with van der Waals surface area (Å²) >= 11 is 1.66. The van der Waals surface area contributed by atoms with Crippen LogP contribution >= 0.6 is 11.3 Å². The Balaban J connectivity index is 1.74. The normalized spacial score (nSPS) is 19.1. The van der Waals surface area contributed by atoms with Crippen LogP contribution in [0.4, 0.5) is 5.69 Å². The Morgan fingerprint density at radius 3 is 2.71 bits per heavy atom. The first kappa shape index (κ1) is 23.9. The molecular formula is C26H31N5O2S. The van der Waals surface area contributed by atoms with Crippen LogP contribution in [0, 0.1) is 5.92 Å². The molecule has 0 bridgehead atoms. The van der Waals surface area contributed by atoms with Crippen LogP contribution in [-0.4, -0.2) is 42.5 Å². The van der Waals surface area contributed by atoms with Gasteiger partial charge in [-0.1, -0.05) is 31.2 Å². The number of allylic oxidation sites excluding steroid dienone is 1. The summed E-state index contributed by atoms with van der Waals surface area (Å²) < 4.78 is 6.60. The molecule has 3 N–H and O–H groups in total. The van der Waals surface area contributed by atoms with E-state index in [2.05, 4.69) is 35.3 Å². The van der Waals surface area contributed by atoms with Crippen LogP contribution in [-0.2, 0) is 0 Å². The minimum Gasteiger partial charge on any atom is -0.495 e. The average molecular weight is 478 g/mol. The van der Waals surface area contributed by atoms with Gasteiger partial charge in [0.2, 0.25) is 5.96 Å². The number of aliphatic hydroxyl groups is 1. The third-order valence-corrected chi connectivity index (χ3v) is 7.15. The van der Waals surface area contributed by atoms with Gasteiger partial charge in [0.25, 0.3) is 0 Å². The van der Waals surface area contributed by atoms with E-state index in [1.165, 1.54) is 0 Å². The van der Waals surface area contributed by atoms with E-state index in [0.717, 1.165) is 58.0 Å². The fraction of sp³-hybridized carbons (Fsp3) is 0.346. The van der Waals surface area contributed by atoms with Crippen molar-refractivity contribution in [1.82, 2.24) is 10.3 Å². The molecule has 8 heteroatoms. The van der Waals surface area contributed by atoms with Crippen molar-refractivity contribution in [2.24, 2.45) is 15.9 Å². The Bertz CT molecular complexity index is 1170. The number of guanidine groups is 1. The molecule has 2 aromatic carbocycles. The maximum absolute atomic E-state index is 9.61. The highest BCUT2D eigenvalue weighted by Crippen LogP contribution is 2.33. The van der Waals surface area contributed by atoms with Crippen LogP contribution in [0.15, 0.2) is 64.3 Å². The lowest BCUT2D eigenvalue weighted by Gasteiger charge is -2.18. The SMILES string of the molecule is C=N/C(=N\C(N[C@H]1CCC(CO)C1)=C(/CC)c1nc2ccccc2s1)Nc1ccccc1OC. The molecule has 1 aliphatic carbocycles. The van der Waals surface area contributed by atoms with Crippen molar-refractivity contribution in [2.45, 2.75) is 38.6 Å². The Morgan fingerprint density at radius 2 is 2.00 bits per heavy atom. The summed E-state index contributed by atoms with van der Waals surface area (Å²) in [4.78, 5) is 13.9. The van der Waals surface area contributed by atoms with Gasteiger partial charge < -0.3 is 20.5 Å². The summed E-state index contributed by atoms with van der Waals surface area (Å²) in [6, 6.07) is 16.0. The molecule has 0 aliphatic heterocycles. The molecule has 0 amide bonds. The lowest BCUT2D eigenvalue weighted by molar-refractivity contribution is 0.228. The molecule has 1 saturated carbocycles. The molecule has 2 atom stereocenters. The van der Waals surface area contributed by atoms with Crippen LogP contribution in [0.2, 0.25) is 0 Å². The van der Waals surface area contributed by atoms with E-state index in [4.69, 9.17) is 14.7 Å². The van der Waals surface area contributed by atoms with Gasteiger partial charge >= 0.3 is 0 Å². The Hall–Kier alpha value is -3.23. The van der Waals surface area contributed by atoms with E-state index in [0.29, 0.717) is 17.6 Å². The van der Waals surface area contributed by atoms with Crippen molar-refractivity contribution in [3.63, 3.8) is 0 Å². The van der Waals surface area contributed by atoms with Crippen molar-refractivity contribution in [3.8, 4) is 5.75 Å². The van der Waals surface area contributed by atoms with Crippen molar-refractivity contribution in [1.29, 1.82) is 0 Å². The predicted octanol–water partition coefficient (Wildman–Crippen LogP) is 5.30. The highest BCUT2D eigenvalue weighted by atomic mass is 32.1. The number of benzene rings is 2. The Labute approximate surface area is 204 Å². The molecule has 178 valence electrons. The third kappa shape index (κ3) is 5.46. The number of para-hydroxylation sites is 3. The molecule has 1 aromatic heterocycles. The summed E-state index contributed by atoms with van der Waals surface area (Å²) in [7, 11) is 1.63. The Morgan fingerprint density at radius 1 is 1.21 bits per heavy atom. The number of fused-ring (bicyclic) bond motifs is 1. The number of methoxy groups -OCH3 is 1. The molecule has 0 spiro atoms. The van der Waals surface area contributed by atoms with E-state index >= 15 is 0 Å². The van der Waals surface area contributed by atoms with E-state index < -0.39 is 0 Å². The minimum absolute atomic E-state index is 0.216. The lowest BCUT2D eigenvalue weighted by Crippen LogP contribution is -2.27. The summed E-state index contributed by atoms with van der Waals surface area (Å²) in [5, 5.41) is 17.4. The van der Waals surface area contributed by atoms with Crippen LogP contribution in [0.5, 0.6) is 5.75 Å². The molecular weight excluding hydrogens is 446 g/mol. The second-order valence-electron chi connectivity index (χ2n) is 8.29. The van der Waals surface area contributed by atoms with Crippen molar-refractivity contribution < 1.29 is 9.84 Å². The van der Waals surface area contributed by atoms with Crippen LogP contribution < -0.4 is 15.4 Å². The molecule has 34 heavy (non-hydrogen) atoms. The summed E-state index contributed by atoms with van der Waals surface area (Å²) in [6.45, 7) is 6.06. The van der Waals surface area contributed by atoms with E-state index in [9.17, 15) is 5.11 Å². The van der Waals surface area contributed by atoms with Crippen LogP contribution in [0.25, 0.3) is 15.8 Å². The van der Waals surface area contributed by atoms with Gasteiger partial charge in [-0.15, -0.1) is 11.3 Å². The molecule has 1 fully saturated rings. The second-order valence-corrected chi connectivity index (χ2v) is 9.32. The minimum atomic E-state index is 0.216. The number of nitrogens with zero attached hydrogens (tertiary/aromatic N) is 3. The first-order chi connectivity index (χ1) is 16.6. The number of anilines is 1. The number of aromatic nitrogens is 1. The second kappa shape index (κ2) is 11.3. The summed E-state index contributed by atoms with van der Waals surface area (Å²) in [6.07, 6.45) is 3.64. The zero-order valence-corrected chi connectivity index (χ0v) is 20.4. The molecule has 1 unspecified atom stereocenters. The average Bonchev–Trinajstić information content (AvgIpc) is 3.51. The number of nitrogens with one attached hydrogen (secondary N) is 2. The highest BCUT2D eigenvalue weighted by molar-refractivity contribution is 7.19. The maximum Gasteiger partial charge on any atom is 0.228 e. The fourth-order valence-corrected chi connectivity index (χ4v) is 5.33. The predicted molar refractivity (Wildman–Crippen MR) is 142 cm³/mol. The number of aliphatic imine (C=N–C) groups is 2. The third-order valence-electron chi connectivity index (χ3n) is 6.05. The van der Waals surface area contributed by atoms with Crippen molar-refractivity contribution in [2.75, 3.05) is 19.0 Å². The maximum atomic E-state index is 9.61. The number of hydrogen-bond acceptors (Lipinski definition) is 6. The fourth-order valence-electron chi connectivity index (χ4n) is 4.25. The van der Waals surface area contributed by atoms with Gasteiger partial charge in [-0.05, 0) is 62.6 Å². The molecule has 7 nitrogen and oxygen atoms in total. The number of rotatable bonds is 8. The molecule has 4 rings (SSSR count). The van der Waals surface area contributed by atoms with Gasteiger partial charge in [0.1, 0.15) is 16.6 Å². The topological polar surface area (TPSA) is 91.1 Å². The molecule has 0 saturated heterocycles. The van der Waals surface area contributed by atoms with Gasteiger partial charge in [0.15, 0.2) is 0 Å². The van der Waals surface area contributed by atoms with Gasteiger partial charge in [-0.2, -0.15) is 4.99 Å². The van der Waals surface area contributed by atoms with E-state index in [-0.39, 0.29) is 12.6 Å². The van der Waals surface area contributed by atoms with Crippen LogP contribution in [0.3, 0.4) is 0 Å². The van der Waals surface area contributed by atoms with Gasteiger partial charge in [-0.25, -0.2) is 9.98 Å². The lowest BCUT2D eigenvalue weighted by atomic mass is 10.1. The molecule has 1 heterocycles. The first-order valence-corrected chi connectivity index (χ1v) is 12.4. The number of hydrogen-bond donors (Lipinski definition) is 3. The van der Waals surface area contributed by atoms with Crippen LogP contribution in [0.1, 0.15) is 37.6 Å². The smallest absolute Gasteiger partial charge is 0.228 e. The molecule has 0 radical (unpaired) electrons. The van der Waals surface area contributed by atoms with Gasteiger partial charge in [0.05, 0.1) is 23.0 Å². The number of thiazole rings is 1. The summed E-state index contributed by atoms with van der Waals surface area (Å²) in [5.41, 5.74) is 2.76. The largest absolute Gasteiger partial charge is 0.495 e. The number of ether oxygens (including phenoxy) is 1. The van der Waals surface area contributed by atoms with Gasteiger partial charge in [-0.3, -0.25) is 0 Å². The first-order valence-electron chi connectivity index (χ1n) is 11.6. The zero-order valence-electron chi connectivity index (χ0n) is 19.6. The number of aliphatic hydroxyl groups excluding tert-OH is 1. The monoisotopic (exact) mass is 477 g/mol. The highest BCUT2D eigenvalue weighted by Gasteiger charge is 2.26. The quantitative estimate of drug-likeness (QED) is 0.302. The standard InChI is InChI=1S/C26H31N5O2S/c1-4-19(25-29-21-10-6-8-12-23(21)34-25)24(28-18-14-13-17(15-18)16-32)31-26(27-2)30-20-9-5-7-11-22(20)33-3/h5-12,17-18,28,32H,2,4,13-16H2,1,3H3,(H,30,31)/b24-19+/t17?,18-/m0/s1. The van der Waals surface area contributed by atoms with Crippen molar-refractivity contribution >= 4 is 45.5 Å².